The molecule has 3 rings (SSSR count). The van der Waals surface area contributed by atoms with Crippen molar-refractivity contribution in [2.75, 3.05) is 13.1 Å². The Morgan fingerprint density at radius 3 is 2.62 bits per heavy atom. The van der Waals surface area contributed by atoms with Gasteiger partial charge in [0.05, 0.1) is 0 Å². The van der Waals surface area contributed by atoms with Crippen molar-refractivity contribution < 1.29 is 4.52 Å². The van der Waals surface area contributed by atoms with Gasteiger partial charge in [0, 0.05) is 11.8 Å². The van der Waals surface area contributed by atoms with Gasteiger partial charge in [0.2, 0.25) is 5.89 Å². The summed E-state index contributed by atoms with van der Waals surface area (Å²) in [7, 11) is 0. The van der Waals surface area contributed by atoms with Crippen LogP contribution in [0.4, 0.5) is 0 Å². The molecule has 2 atom stereocenters. The monoisotopic (exact) mass is 221 g/mol. The second-order valence-electron chi connectivity index (χ2n) is 5.94. The summed E-state index contributed by atoms with van der Waals surface area (Å²) < 4.78 is 5.39. The van der Waals surface area contributed by atoms with E-state index >= 15 is 0 Å². The molecule has 2 heterocycles. The van der Waals surface area contributed by atoms with Crippen LogP contribution in [0.2, 0.25) is 0 Å². The van der Waals surface area contributed by atoms with E-state index in [1.54, 1.807) is 0 Å². The maximum Gasteiger partial charge on any atom is 0.229 e. The van der Waals surface area contributed by atoms with Crippen molar-refractivity contribution in [1.82, 2.24) is 15.5 Å². The quantitative estimate of drug-likeness (QED) is 0.847. The molecule has 0 amide bonds. The minimum atomic E-state index is 0.377. The molecule has 1 aliphatic carbocycles. The summed E-state index contributed by atoms with van der Waals surface area (Å²) >= 11 is 0. The molecule has 16 heavy (non-hydrogen) atoms. The van der Waals surface area contributed by atoms with Gasteiger partial charge >= 0.3 is 0 Å². The molecule has 1 N–H and O–H groups in total. The summed E-state index contributed by atoms with van der Waals surface area (Å²) in [6.07, 6.45) is 1.19. The maximum atomic E-state index is 5.39. The summed E-state index contributed by atoms with van der Waals surface area (Å²) in [6.45, 7) is 8.85. The zero-order valence-electron chi connectivity index (χ0n) is 10.2. The van der Waals surface area contributed by atoms with Crippen LogP contribution < -0.4 is 5.32 Å². The van der Waals surface area contributed by atoms with Gasteiger partial charge in [0.25, 0.3) is 0 Å². The van der Waals surface area contributed by atoms with Crippen LogP contribution in [-0.2, 0) is 0 Å². The standard InChI is InChI=1S/C12H19N3O/c1-7(8-5-13-6-8)11-14-10(15-16-11)9-4-12(9,2)3/h7-9,13H,4-6H2,1-3H3. The summed E-state index contributed by atoms with van der Waals surface area (Å²) in [4.78, 5) is 4.57. The average molecular weight is 221 g/mol. The highest BCUT2D eigenvalue weighted by Crippen LogP contribution is 2.57. The SMILES string of the molecule is CC(c1nc(C2CC2(C)C)no1)C1CNC1. The Morgan fingerprint density at radius 1 is 1.44 bits per heavy atom. The molecule has 0 radical (unpaired) electrons. The van der Waals surface area contributed by atoms with Crippen molar-refractivity contribution in [3.63, 3.8) is 0 Å². The number of aromatic nitrogens is 2. The van der Waals surface area contributed by atoms with Crippen molar-refractivity contribution in [2.45, 2.75) is 39.0 Å². The lowest BCUT2D eigenvalue weighted by Gasteiger charge is -2.30. The topological polar surface area (TPSA) is 51.0 Å². The molecule has 0 spiro atoms. The molecule has 2 unspecified atom stereocenters. The van der Waals surface area contributed by atoms with E-state index in [4.69, 9.17) is 4.52 Å². The van der Waals surface area contributed by atoms with Crippen LogP contribution in [0.1, 0.15) is 50.7 Å². The van der Waals surface area contributed by atoms with Crippen molar-refractivity contribution in [3.8, 4) is 0 Å². The van der Waals surface area contributed by atoms with Crippen LogP contribution in [0, 0.1) is 11.3 Å². The van der Waals surface area contributed by atoms with E-state index in [0.717, 1.165) is 24.8 Å². The molecule has 1 aromatic heterocycles. The first-order chi connectivity index (χ1) is 7.58. The summed E-state index contributed by atoms with van der Waals surface area (Å²) in [5, 5.41) is 7.41. The first-order valence-corrected chi connectivity index (χ1v) is 6.12. The van der Waals surface area contributed by atoms with Crippen molar-refractivity contribution in [3.05, 3.63) is 11.7 Å². The Hall–Kier alpha value is -0.900. The summed E-state index contributed by atoms with van der Waals surface area (Å²) in [5.41, 5.74) is 0.377. The van der Waals surface area contributed by atoms with Gasteiger partial charge < -0.3 is 9.84 Å². The molecular formula is C12H19N3O. The molecule has 1 saturated carbocycles. The highest BCUT2D eigenvalue weighted by atomic mass is 16.5. The van der Waals surface area contributed by atoms with Gasteiger partial charge in [-0.2, -0.15) is 4.98 Å². The Morgan fingerprint density at radius 2 is 2.12 bits per heavy atom. The van der Waals surface area contributed by atoms with Crippen LogP contribution >= 0.6 is 0 Å². The van der Waals surface area contributed by atoms with E-state index in [0.29, 0.717) is 23.2 Å². The van der Waals surface area contributed by atoms with E-state index in [-0.39, 0.29) is 0 Å². The van der Waals surface area contributed by atoms with E-state index in [1.165, 1.54) is 6.42 Å². The van der Waals surface area contributed by atoms with Gasteiger partial charge in [-0.3, -0.25) is 0 Å². The zero-order chi connectivity index (χ0) is 11.3. The lowest BCUT2D eigenvalue weighted by Crippen LogP contribution is -2.44. The van der Waals surface area contributed by atoms with Gasteiger partial charge in [0.15, 0.2) is 5.82 Å². The van der Waals surface area contributed by atoms with Crippen LogP contribution in [0.5, 0.6) is 0 Å². The van der Waals surface area contributed by atoms with Crippen molar-refractivity contribution in [2.24, 2.45) is 11.3 Å². The predicted molar refractivity (Wildman–Crippen MR) is 60.2 cm³/mol. The van der Waals surface area contributed by atoms with Crippen LogP contribution in [0.25, 0.3) is 0 Å². The Balaban J connectivity index is 1.72. The molecule has 4 heteroatoms. The van der Waals surface area contributed by atoms with Gasteiger partial charge in [-0.05, 0) is 30.8 Å². The molecule has 1 aliphatic heterocycles. The summed E-state index contributed by atoms with van der Waals surface area (Å²) in [6, 6.07) is 0. The van der Waals surface area contributed by atoms with E-state index in [1.807, 2.05) is 0 Å². The van der Waals surface area contributed by atoms with Crippen LogP contribution in [0.3, 0.4) is 0 Å². The van der Waals surface area contributed by atoms with E-state index < -0.39 is 0 Å². The van der Waals surface area contributed by atoms with E-state index in [9.17, 15) is 0 Å². The highest BCUT2D eigenvalue weighted by Gasteiger charge is 2.49. The lowest BCUT2D eigenvalue weighted by molar-refractivity contribution is 0.252. The van der Waals surface area contributed by atoms with Gasteiger partial charge in [-0.25, -0.2) is 0 Å². The Kier molecular flexibility index (Phi) is 2.11. The second-order valence-corrected chi connectivity index (χ2v) is 5.94. The third-order valence-electron chi connectivity index (χ3n) is 4.19. The fourth-order valence-electron chi connectivity index (χ4n) is 2.35. The molecule has 1 aromatic rings. The number of rotatable bonds is 3. The summed E-state index contributed by atoms with van der Waals surface area (Å²) in [5.74, 6) is 3.31. The number of nitrogens with one attached hydrogen (secondary N) is 1. The van der Waals surface area contributed by atoms with E-state index in [2.05, 4.69) is 36.2 Å². The molecule has 2 fully saturated rings. The first kappa shape index (κ1) is 10.3. The molecule has 4 nitrogen and oxygen atoms in total. The molecule has 0 aromatic carbocycles. The number of nitrogens with zero attached hydrogens (tertiary/aromatic N) is 2. The molecule has 88 valence electrons. The third-order valence-corrected chi connectivity index (χ3v) is 4.19. The first-order valence-electron chi connectivity index (χ1n) is 6.12. The van der Waals surface area contributed by atoms with Gasteiger partial charge in [0.1, 0.15) is 0 Å². The molecule has 0 bridgehead atoms. The molecular weight excluding hydrogens is 202 g/mol. The Labute approximate surface area is 95.8 Å². The smallest absolute Gasteiger partial charge is 0.229 e. The minimum Gasteiger partial charge on any atom is -0.339 e. The predicted octanol–water partition coefficient (Wildman–Crippen LogP) is 1.91. The van der Waals surface area contributed by atoms with Crippen LogP contribution in [0.15, 0.2) is 4.52 Å². The maximum absolute atomic E-state index is 5.39. The lowest BCUT2D eigenvalue weighted by atomic mass is 9.89. The third kappa shape index (κ3) is 1.56. The van der Waals surface area contributed by atoms with Crippen molar-refractivity contribution >= 4 is 0 Å². The van der Waals surface area contributed by atoms with Gasteiger partial charge in [-0.15, -0.1) is 0 Å². The molecule has 2 aliphatic rings. The average Bonchev–Trinajstić information content (AvgIpc) is 2.63. The number of hydrogen-bond donors (Lipinski definition) is 1. The minimum absolute atomic E-state index is 0.377. The fraction of sp³-hybridized carbons (Fsp3) is 0.833. The second kappa shape index (κ2) is 3.29. The largest absolute Gasteiger partial charge is 0.339 e. The van der Waals surface area contributed by atoms with Crippen LogP contribution in [-0.4, -0.2) is 23.2 Å². The fourth-order valence-corrected chi connectivity index (χ4v) is 2.35. The number of hydrogen-bond acceptors (Lipinski definition) is 4. The van der Waals surface area contributed by atoms with Gasteiger partial charge in [-0.1, -0.05) is 25.9 Å². The highest BCUT2D eigenvalue weighted by molar-refractivity contribution is 5.15. The Bertz CT molecular complexity index is 395. The van der Waals surface area contributed by atoms with Crippen molar-refractivity contribution in [1.29, 1.82) is 0 Å². The zero-order valence-corrected chi connectivity index (χ0v) is 10.2. The molecule has 1 saturated heterocycles. The normalized spacial score (nSPS) is 29.8.